The maximum Gasteiger partial charge on any atom is 0.439 e. The Labute approximate surface area is 242 Å². The van der Waals surface area contributed by atoms with Crippen LogP contribution in [0.25, 0.3) is 22.8 Å². The molecule has 4 heterocycles. The molecule has 1 aliphatic heterocycles. The second-order valence-corrected chi connectivity index (χ2v) is 13.3. The van der Waals surface area contributed by atoms with E-state index in [0.717, 1.165) is 36.3 Å². The van der Waals surface area contributed by atoms with Crippen LogP contribution in [0.15, 0.2) is 9.32 Å². The molecule has 10 nitrogen and oxygen atoms in total. The Bertz CT molecular complexity index is 1380. The van der Waals surface area contributed by atoms with Gasteiger partial charge in [-0.15, -0.1) is 0 Å². The zero-order valence-corrected chi connectivity index (χ0v) is 24.6. The number of H-pyrrole nitrogens is 1. The highest BCUT2D eigenvalue weighted by Crippen LogP contribution is 2.40. The molecule has 3 aromatic rings. The van der Waals surface area contributed by atoms with Crippen LogP contribution in [0.1, 0.15) is 110 Å². The molecular weight excluding hydrogens is 516 g/mol. The molecule has 3 aromatic heterocycles. The highest BCUT2D eigenvalue weighted by atomic mass is 16.5. The van der Waals surface area contributed by atoms with Crippen LogP contribution in [-0.2, 0) is 6.54 Å². The van der Waals surface area contributed by atoms with E-state index >= 15 is 0 Å². The molecule has 7 rings (SSSR count). The molecule has 0 aromatic carbocycles. The first-order chi connectivity index (χ1) is 20.1. The second kappa shape index (κ2) is 11.8. The summed E-state index contributed by atoms with van der Waals surface area (Å²) in [5, 5.41) is 7.71. The molecule has 2 unspecified atom stereocenters. The van der Waals surface area contributed by atoms with Gasteiger partial charge in [-0.05, 0) is 82.5 Å². The fraction of sp³-hybridized carbons (Fsp3) is 0.774. The Morgan fingerprint density at radius 1 is 0.902 bits per heavy atom. The third-order valence-corrected chi connectivity index (χ3v) is 10.6. The van der Waals surface area contributed by atoms with Gasteiger partial charge < -0.3 is 14.8 Å². The van der Waals surface area contributed by atoms with Gasteiger partial charge in [0, 0.05) is 25.2 Å². The van der Waals surface area contributed by atoms with Crippen LogP contribution in [0, 0.1) is 17.8 Å². The summed E-state index contributed by atoms with van der Waals surface area (Å²) >= 11 is 0. The molecule has 0 spiro atoms. The van der Waals surface area contributed by atoms with E-state index < -0.39 is 5.76 Å². The number of piperidine rings is 1. The van der Waals surface area contributed by atoms with Gasteiger partial charge in [0.15, 0.2) is 11.5 Å². The fourth-order valence-electron chi connectivity index (χ4n) is 8.07. The number of hydrogen-bond donors (Lipinski definition) is 2. The number of imidazole rings is 1. The highest BCUT2D eigenvalue weighted by molar-refractivity contribution is 5.87. The summed E-state index contributed by atoms with van der Waals surface area (Å²) in [6, 6.07) is 0.827. The summed E-state index contributed by atoms with van der Waals surface area (Å²) < 4.78 is 7.31. The zero-order chi connectivity index (χ0) is 27.8. The smallest absolute Gasteiger partial charge is 0.365 e. The predicted molar refractivity (Wildman–Crippen MR) is 160 cm³/mol. The number of nitrogens with one attached hydrogen (secondary N) is 2. The number of anilines is 2. The fourth-order valence-corrected chi connectivity index (χ4v) is 8.07. The highest BCUT2D eigenvalue weighted by Gasteiger charge is 2.35. The molecule has 222 valence electrons. The first-order valence-corrected chi connectivity index (χ1v) is 16.5. The van der Waals surface area contributed by atoms with E-state index in [-0.39, 0.29) is 11.9 Å². The molecule has 3 saturated carbocycles. The Morgan fingerprint density at radius 2 is 1.66 bits per heavy atom. The molecule has 3 aliphatic carbocycles. The largest absolute Gasteiger partial charge is 0.439 e. The van der Waals surface area contributed by atoms with E-state index in [9.17, 15) is 4.79 Å². The average Bonchev–Trinajstić information content (AvgIpc) is 3.57. The minimum Gasteiger partial charge on any atom is -0.365 e. The summed E-state index contributed by atoms with van der Waals surface area (Å²) in [7, 11) is 0. The molecule has 1 saturated heterocycles. The number of aromatic amines is 1. The molecule has 2 N–H and O–H groups in total. The molecule has 4 aliphatic rings. The molecule has 0 amide bonds. The molecule has 41 heavy (non-hydrogen) atoms. The van der Waals surface area contributed by atoms with Crippen molar-refractivity contribution in [3.8, 4) is 11.6 Å². The SMILES string of the molecule is CC(Nc1nc(-c2noc(=O)[nH]2)nc2nc(N3CCCCC3C3CCCCC3)n(CC3CCCCC3)c12)C1CCC1. The summed E-state index contributed by atoms with van der Waals surface area (Å²) in [4.78, 5) is 32.4. The van der Waals surface area contributed by atoms with E-state index in [1.807, 2.05) is 0 Å². The van der Waals surface area contributed by atoms with Gasteiger partial charge in [0.25, 0.3) is 0 Å². The number of nitrogens with zero attached hydrogens (tertiary/aromatic N) is 6. The van der Waals surface area contributed by atoms with Crippen molar-refractivity contribution in [2.24, 2.45) is 17.8 Å². The van der Waals surface area contributed by atoms with E-state index in [4.69, 9.17) is 19.5 Å². The van der Waals surface area contributed by atoms with Crippen LogP contribution in [0.5, 0.6) is 0 Å². The van der Waals surface area contributed by atoms with Crippen LogP contribution in [0.4, 0.5) is 11.8 Å². The maximum atomic E-state index is 11.8. The van der Waals surface area contributed by atoms with Gasteiger partial charge in [-0.3, -0.25) is 9.51 Å². The first-order valence-electron chi connectivity index (χ1n) is 16.5. The summed E-state index contributed by atoms with van der Waals surface area (Å²) in [5.41, 5.74) is 1.68. The van der Waals surface area contributed by atoms with E-state index in [2.05, 4.69) is 31.8 Å². The van der Waals surface area contributed by atoms with Gasteiger partial charge in [-0.2, -0.15) is 4.98 Å². The van der Waals surface area contributed by atoms with E-state index in [1.54, 1.807) is 0 Å². The van der Waals surface area contributed by atoms with E-state index in [1.165, 1.54) is 103 Å². The number of hydrogen-bond acceptors (Lipinski definition) is 8. The number of aromatic nitrogens is 6. The summed E-state index contributed by atoms with van der Waals surface area (Å²) in [6.07, 6.45) is 20.8. The Morgan fingerprint density at radius 3 is 2.37 bits per heavy atom. The third kappa shape index (κ3) is 5.50. The minimum atomic E-state index is -0.604. The van der Waals surface area contributed by atoms with Crippen LogP contribution in [-0.4, -0.2) is 48.3 Å². The molecule has 0 bridgehead atoms. The maximum absolute atomic E-state index is 11.8. The van der Waals surface area contributed by atoms with Crippen molar-refractivity contribution in [1.82, 2.24) is 29.7 Å². The van der Waals surface area contributed by atoms with Gasteiger partial charge >= 0.3 is 5.76 Å². The van der Waals surface area contributed by atoms with Gasteiger partial charge in [-0.25, -0.2) is 14.8 Å². The van der Waals surface area contributed by atoms with Crippen molar-refractivity contribution in [1.29, 1.82) is 0 Å². The van der Waals surface area contributed by atoms with Gasteiger partial charge in [0.2, 0.25) is 17.6 Å². The molecule has 4 fully saturated rings. The monoisotopic (exact) mass is 562 g/mol. The Kier molecular flexibility index (Phi) is 7.73. The standard InChI is InChI=1S/C31H46N8O2/c1-20(22-15-10-16-22)32-26-25-27(34-28(33-26)29-36-31(40)41-37-29)35-30(39(25)19-21-11-4-2-5-12-21)38-18-9-8-17-24(38)23-13-6-3-7-14-23/h20-24H,2-19H2,1H3,(H,32,33,34)(H,36,37,40). The minimum absolute atomic E-state index is 0.248. The van der Waals surface area contributed by atoms with Crippen molar-refractivity contribution in [2.75, 3.05) is 16.8 Å². The van der Waals surface area contributed by atoms with Crippen molar-refractivity contribution < 1.29 is 4.52 Å². The summed E-state index contributed by atoms with van der Waals surface area (Å²) in [6.45, 7) is 4.27. The lowest BCUT2D eigenvalue weighted by molar-refractivity contribution is 0.258. The van der Waals surface area contributed by atoms with E-state index in [0.29, 0.717) is 29.3 Å². The van der Waals surface area contributed by atoms with Gasteiger partial charge in [0.05, 0.1) is 0 Å². The lowest BCUT2D eigenvalue weighted by atomic mass is 9.80. The van der Waals surface area contributed by atoms with Gasteiger partial charge in [-0.1, -0.05) is 50.1 Å². The van der Waals surface area contributed by atoms with Crippen molar-refractivity contribution in [2.45, 2.75) is 128 Å². The van der Waals surface area contributed by atoms with Crippen molar-refractivity contribution in [3.05, 3.63) is 10.6 Å². The van der Waals surface area contributed by atoms with Crippen LogP contribution >= 0.6 is 0 Å². The van der Waals surface area contributed by atoms with Crippen LogP contribution in [0.3, 0.4) is 0 Å². The number of rotatable bonds is 8. The quantitative estimate of drug-likeness (QED) is 0.329. The van der Waals surface area contributed by atoms with Crippen LogP contribution in [0.2, 0.25) is 0 Å². The third-order valence-electron chi connectivity index (χ3n) is 10.6. The Hall–Kier alpha value is -2.91. The van der Waals surface area contributed by atoms with Crippen molar-refractivity contribution in [3.63, 3.8) is 0 Å². The lowest BCUT2D eigenvalue weighted by Gasteiger charge is -2.42. The summed E-state index contributed by atoms with van der Waals surface area (Å²) in [5.74, 6) is 3.89. The molecule has 0 radical (unpaired) electrons. The predicted octanol–water partition coefficient (Wildman–Crippen LogP) is 6.29. The second-order valence-electron chi connectivity index (χ2n) is 13.3. The molecule has 10 heteroatoms. The topological polar surface area (TPSA) is 118 Å². The number of fused-ring (bicyclic) bond motifs is 1. The first kappa shape index (κ1) is 27.0. The molecule has 2 atom stereocenters. The Balaban J connectivity index is 1.36. The van der Waals surface area contributed by atoms with Crippen molar-refractivity contribution >= 4 is 22.9 Å². The lowest BCUT2D eigenvalue weighted by Crippen LogP contribution is -2.46. The van der Waals surface area contributed by atoms with Crippen LogP contribution < -0.4 is 16.0 Å². The molecular formula is C31H46N8O2. The average molecular weight is 563 g/mol. The zero-order valence-electron chi connectivity index (χ0n) is 24.6. The van der Waals surface area contributed by atoms with Gasteiger partial charge in [0.1, 0.15) is 5.52 Å². The normalized spacial score (nSPS) is 24.0.